The number of nitrogens with zero attached hydrogens (tertiary/aromatic N) is 4. The number of fused-ring (bicyclic) bond motifs is 3. The van der Waals surface area contributed by atoms with Crippen molar-refractivity contribution < 1.29 is 0 Å². The number of anilines is 1. The quantitative estimate of drug-likeness (QED) is 0.590. The van der Waals surface area contributed by atoms with Crippen molar-refractivity contribution in [3.05, 3.63) is 45.6 Å². The second kappa shape index (κ2) is 5.82. The van der Waals surface area contributed by atoms with Crippen LogP contribution in [-0.4, -0.2) is 35.1 Å². The molecule has 3 heterocycles. The third-order valence-corrected chi connectivity index (χ3v) is 4.92. The third-order valence-electron chi connectivity index (χ3n) is 3.81. The molecule has 0 bridgehead atoms. The second-order valence-corrected chi connectivity index (χ2v) is 6.79. The Kier molecular flexibility index (Phi) is 3.79. The molecule has 2 aliphatic heterocycles. The predicted molar refractivity (Wildman–Crippen MR) is 97.8 cm³/mol. The van der Waals surface area contributed by atoms with E-state index in [4.69, 9.17) is 23.2 Å². The lowest BCUT2D eigenvalue weighted by Crippen LogP contribution is -2.32. The van der Waals surface area contributed by atoms with E-state index in [9.17, 15) is 0 Å². The van der Waals surface area contributed by atoms with E-state index in [1.807, 2.05) is 24.6 Å². The van der Waals surface area contributed by atoms with Crippen LogP contribution in [-0.2, 0) is 0 Å². The van der Waals surface area contributed by atoms with Gasteiger partial charge in [-0.2, -0.15) is 0 Å². The standard InChI is InChI=1S/C16H12Cl2N4S/c1-23-16-20-8-9-6-12(11-3-2-10(17)7-13(11)18)15-19-4-5-22(15)14(9)21-16/h2-3,6-8H,4-5H2,1H3. The first-order valence-corrected chi connectivity index (χ1v) is 9.06. The van der Waals surface area contributed by atoms with Gasteiger partial charge in [0, 0.05) is 34.5 Å². The molecule has 4 nitrogen and oxygen atoms in total. The van der Waals surface area contributed by atoms with Gasteiger partial charge in [-0.3, -0.25) is 4.99 Å². The average Bonchev–Trinajstić information content (AvgIpc) is 3.04. The Balaban J connectivity index is 1.90. The van der Waals surface area contributed by atoms with Crippen LogP contribution < -0.4 is 4.90 Å². The third kappa shape index (κ3) is 2.53. The van der Waals surface area contributed by atoms with Crippen LogP contribution in [0.5, 0.6) is 0 Å². The van der Waals surface area contributed by atoms with Crippen LogP contribution in [0.1, 0.15) is 11.1 Å². The molecular weight excluding hydrogens is 351 g/mol. The van der Waals surface area contributed by atoms with Gasteiger partial charge < -0.3 is 4.90 Å². The smallest absolute Gasteiger partial charge is 0.189 e. The molecule has 23 heavy (non-hydrogen) atoms. The molecule has 0 saturated carbocycles. The first kappa shape index (κ1) is 15.0. The molecule has 7 heteroatoms. The Bertz CT molecular complexity index is 863. The zero-order valence-electron chi connectivity index (χ0n) is 12.3. The maximum atomic E-state index is 6.39. The number of amidine groups is 1. The number of thioether (sulfide) groups is 1. The number of rotatable bonds is 2. The predicted octanol–water partition coefficient (Wildman–Crippen LogP) is 4.28. The summed E-state index contributed by atoms with van der Waals surface area (Å²) in [5.74, 6) is 1.82. The van der Waals surface area contributed by atoms with Gasteiger partial charge >= 0.3 is 0 Å². The Morgan fingerprint density at radius 2 is 2.13 bits per heavy atom. The maximum Gasteiger partial charge on any atom is 0.189 e. The van der Waals surface area contributed by atoms with E-state index in [1.54, 1.807) is 6.07 Å². The van der Waals surface area contributed by atoms with Gasteiger partial charge in [0.2, 0.25) is 0 Å². The summed E-state index contributed by atoms with van der Waals surface area (Å²) in [5, 5.41) is 1.99. The lowest BCUT2D eigenvalue weighted by molar-refractivity contribution is 0.918. The lowest BCUT2D eigenvalue weighted by Gasteiger charge is -2.27. The van der Waals surface area contributed by atoms with Crippen LogP contribution in [0.25, 0.3) is 11.6 Å². The summed E-state index contributed by atoms with van der Waals surface area (Å²) in [6.45, 7) is 1.56. The monoisotopic (exact) mass is 362 g/mol. The minimum absolute atomic E-state index is 0.614. The van der Waals surface area contributed by atoms with Crippen LogP contribution in [0, 0.1) is 0 Å². The molecule has 116 valence electrons. The highest BCUT2D eigenvalue weighted by molar-refractivity contribution is 7.98. The highest BCUT2D eigenvalue weighted by Crippen LogP contribution is 2.38. The van der Waals surface area contributed by atoms with Crippen molar-refractivity contribution in [3.8, 4) is 0 Å². The van der Waals surface area contributed by atoms with E-state index < -0.39 is 0 Å². The topological polar surface area (TPSA) is 41.4 Å². The molecule has 0 spiro atoms. The number of hydrogen-bond acceptors (Lipinski definition) is 5. The maximum absolute atomic E-state index is 6.39. The molecule has 2 aromatic rings. The van der Waals surface area contributed by atoms with Crippen molar-refractivity contribution in [2.45, 2.75) is 5.16 Å². The molecule has 0 fully saturated rings. The molecule has 0 N–H and O–H groups in total. The van der Waals surface area contributed by atoms with Crippen molar-refractivity contribution in [1.82, 2.24) is 9.97 Å². The van der Waals surface area contributed by atoms with Crippen LogP contribution in [0.3, 0.4) is 0 Å². The van der Waals surface area contributed by atoms with E-state index in [-0.39, 0.29) is 0 Å². The molecular formula is C16H12Cl2N4S. The highest BCUT2D eigenvalue weighted by Gasteiger charge is 2.31. The van der Waals surface area contributed by atoms with Gasteiger partial charge in [0.1, 0.15) is 11.7 Å². The van der Waals surface area contributed by atoms with Gasteiger partial charge in [-0.25, -0.2) is 9.97 Å². The summed E-state index contributed by atoms with van der Waals surface area (Å²) in [6, 6.07) is 5.52. The van der Waals surface area contributed by atoms with Crippen LogP contribution in [0.2, 0.25) is 10.0 Å². The normalized spacial score (nSPS) is 15.9. The summed E-state index contributed by atoms with van der Waals surface area (Å²) in [5.41, 5.74) is 2.88. The Morgan fingerprint density at radius 3 is 2.91 bits per heavy atom. The first-order chi connectivity index (χ1) is 11.2. The Labute approximate surface area is 148 Å². The molecule has 0 aliphatic carbocycles. The fourth-order valence-corrected chi connectivity index (χ4v) is 3.64. The van der Waals surface area contributed by atoms with Crippen LogP contribution >= 0.6 is 35.0 Å². The van der Waals surface area contributed by atoms with Crippen molar-refractivity contribution in [1.29, 1.82) is 0 Å². The van der Waals surface area contributed by atoms with E-state index >= 15 is 0 Å². The first-order valence-electron chi connectivity index (χ1n) is 7.08. The van der Waals surface area contributed by atoms with Crippen molar-refractivity contribution in [2.24, 2.45) is 4.99 Å². The van der Waals surface area contributed by atoms with Gasteiger partial charge in [0.25, 0.3) is 0 Å². The zero-order chi connectivity index (χ0) is 16.0. The number of benzene rings is 1. The lowest BCUT2D eigenvalue weighted by atomic mass is 9.98. The van der Waals surface area contributed by atoms with E-state index in [0.29, 0.717) is 10.0 Å². The van der Waals surface area contributed by atoms with Gasteiger partial charge in [0.05, 0.1) is 11.6 Å². The second-order valence-electron chi connectivity index (χ2n) is 5.17. The van der Waals surface area contributed by atoms with E-state index in [0.717, 1.165) is 46.6 Å². The van der Waals surface area contributed by atoms with Gasteiger partial charge in [-0.1, -0.05) is 41.0 Å². The van der Waals surface area contributed by atoms with Crippen molar-refractivity contribution in [2.75, 3.05) is 24.2 Å². The zero-order valence-corrected chi connectivity index (χ0v) is 14.6. The fourth-order valence-electron chi connectivity index (χ4n) is 2.79. The number of hydrogen-bond donors (Lipinski definition) is 0. The van der Waals surface area contributed by atoms with Crippen molar-refractivity contribution >= 4 is 58.3 Å². The van der Waals surface area contributed by atoms with Gasteiger partial charge in [-0.15, -0.1) is 0 Å². The summed E-state index contributed by atoms with van der Waals surface area (Å²) < 4.78 is 0. The summed E-state index contributed by atoms with van der Waals surface area (Å²) in [7, 11) is 0. The van der Waals surface area contributed by atoms with Crippen LogP contribution in [0.15, 0.2) is 34.5 Å². The summed E-state index contributed by atoms with van der Waals surface area (Å²) in [6.07, 6.45) is 5.88. The highest BCUT2D eigenvalue weighted by atomic mass is 35.5. The minimum Gasteiger partial charge on any atom is -0.308 e. The Morgan fingerprint density at radius 1 is 1.26 bits per heavy atom. The number of aliphatic imine (C=N–C) groups is 1. The average molecular weight is 363 g/mol. The molecule has 0 amide bonds. The SMILES string of the molecule is CSc1ncc2c(n1)N1CCN=C1C(c1ccc(Cl)cc1Cl)=C2. The molecule has 0 unspecified atom stereocenters. The number of halogens is 2. The van der Waals surface area contributed by atoms with Gasteiger partial charge in [0.15, 0.2) is 5.16 Å². The molecule has 1 aromatic heterocycles. The van der Waals surface area contributed by atoms with E-state index in [2.05, 4.69) is 25.9 Å². The number of aromatic nitrogens is 2. The van der Waals surface area contributed by atoms with Gasteiger partial charge in [-0.05, 0) is 24.5 Å². The molecule has 0 saturated heterocycles. The minimum atomic E-state index is 0.614. The molecule has 0 atom stereocenters. The fraction of sp³-hybridized carbons (Fsp3) is 0.188. The van der Waals surface area contributed by atoms with Crippen LogP contribution in [0.4, 0.5) is 5.82 Å². The molecule has 0 radical (unpaired) electrons. The molecule has 4 rings (SSSR count). The summed E-state index contributed by atoms with van der Waals surface area (Å²) in [4.78, 5) is 15.8. The molecule has 1 aromatic carbocycles. The molecule has 2 aliphatic rings. The summed E-state index contributed by atoms with van der Waals surface area (Å²) >= 11 is 13.9. The van der Waals surface area contributed by atoms with E-state index in [1.165, 1.54) is 11.8 Å². The van der Waals surface area contributed by atoms with Crippen molar-refractivity contribution in [3.63, 3.8) is 0 Å². The largest absolute Gasteiger partial charge is 0.308 e. The Hall–Kier alpha value is -1.56.